The number of rotatable bonds is 9. The fourth-order valence-corrected chi connectivity index (χ4v) is 8.04. The Morgan fingerprint density at radius 3 is 2.17 bits per heavy atom. The first kappa shape index (κ1) is 23.6. The molecule has 2 amide bonds. The highest BCUT2D eigenvalue weighted by Gasteiger charge is 2.54. The molecule has 5 nitrogen and oxygen atoms in total. The van der Waals surface area contributed by atoms with E-state index in [-0.39, 0.29) is 11.3 Å². The van der Waals surface area contributed by atoms with Crippen molar-refractivity contribution in [3.63, 3.8) is 0 Å². The van der Waals surface area contributed by atoms with Crippen molar-refractivity contribution in [1.82, 2.24) is 15.2 Å². The number of unbranched alkanes of at least 4 members (excludes halogenated alkanes) is 2. The van der Waals surface area contributed by atoms with Crippen LogP contribution in [-0.4, -0.2) is 29.5 Å². The molecule has 0 aliphatic heterocycles. The summed E-state index contributed by atoms with van der Waals surface area (Å²) in [4.78, 5) is 25.9. The highest BCUT2D eigenvalue weighted by Crippen LogP contribution is 2.60. The summed E-state index contributed by atoms with van der Waals surface area (Å²) in [6, 6.07) is 14.4. The summed E-state index contributed by atoms with van der Waals surface area (Å²) in [5.41, 5.74) is 3.05. The number of amides is 2. The fourth-order valence-electron chi connectivity index (χ4n) is 8.04. The molecule has 2 aromatic carbocycles. The molecular weight excluding hydrogens is 446 g/mol. The van der Waals surface area contributed by atoms with Crippen LogP contribution in [-0.2, 0) is 11.3 Å². The van der Waals surface area contributed by atoms with Crippen molar-refractivity contribution in [2.75, 3.05) is 13.1 Å². The monoisotopic (exact) mass is 485 g/mol. The Balaban J connectivity index is 0.959. The molecule has 1 aromatic heterocycles. The third-order valence-electron chi connectivity index (χ3n) is 9.30. The summed E-state index contributed by atoms with van der Waals surface area (Å²) in [5.74, 6) is 2.72. The lowest BCUT2D eigenvalue weighted by Gasteiger charge is -2.55. The molecule has 0 spiro atoms. The van der Waals surface area contributed by atoms with E-state index in [1.807, 2.05) is 12.1 Å². The first-order chi connectivity index (χ1) is 17.6. The lowest BCUT2D eigenvalue weighted by Crippen LogP contribution is -2.53. The average molecular weight is 486 g/mol. The molecule has 4 aliphatic carbocycles. The van der Waals surface area contributed by atoms with Gasteiger partial charge in [0.05, 0.1) is 0 Å². The van der Waals surface area contributed by atoms with Gasteiger partial charge in [0, 0.05) is 52.4 Å². The first-order valence-corrected chi connectivity index (χ1v) is 14.1. The van der Waals surface area contributed by atoms with E-state index in [0.717, 1.165) is 74.8 Å². The van der Waals surface area contributed by atoms with E-state index in [1.54, 1.807) is 0 Å². The molecule has 3 aromatic rings. The van der Waals surface area contributed by atoms with Crippen LogP contribution in [0.3, 0.4) is 0 Å². The number of nitrogens with zero attached hydrogens (tertiary/aromatic N) is 1. The molecule has 0 atom stereocenters. The summed E-state index contributed by atoms with van der Waals surface area (Å²) in [5, 5.41) is 8.69. The molecule has 36 heavy (non-hydrogen) atoms. The zero-order valence-corrected chi connectivity index (χ0v) is 21.5. The van der Waals surface area contributed by atoms with E-state index in [4.69, 9.17) is 0 Å². The zero-order valence-electron chi connectivity index (χ0n) is 21.5. The molecule has 5 heteroatoms. The van der Waals surface area contributed by atoms with Gasteiger partial charge in [0.15, 0.2) is 0 Å². The van der Waals surface area contributed by atoms with Crippen molar-refractivity contribution in [1.29, 1.82) is 0 Å². The van der Waals surface area contributed by atoms with Crippen LogP contribution in [0.25, 0.3) is 21.8 Å². The van der Waals surface area contributed by atoms with Gasteiger partial charge in [-0.25, -0.2) is 0 Å². The standard InChI is InChI=1S/C31H39N3O2/c1-2-34-27-9-5-4-8-25(27)26-17-24(10-11-28(26)34)29(35)32-12-6-3-7-13-33-30(36)31-18-21-14-22(19-31)16-23(15-21)20-31/h4-5,8-11,17,21-23H,2-3,6-7,12-16,18-20H2,1H3,(H,32,35)(H,33,36). The molecule has 1 heterocycles. The van der Waals surface area contributed by atoms with Gasteiger partial charge in [-0.1, -0.05) is 18.2 Å². The van der Waals surface area contributed by atoms with Crippen molar-refractivity contribution < 1.29 is 9.59 Å². The number of carbonyl (C=O) groups excluding carboxylic acids is 2. The van der Waals surface area contributed by atoms with Crippen LogP contribution in [0.4, 0.5) is 0 Å². The third kappa shape index (κ3) is 4.21. The van der Waals surface area contributed by atoms with Gasteiger partial charge in [0.25, 0.3) is 5.91 Å². The van der Waals surface area contributed by atoms with E-state index in [9.17, 15) is 9.59 Å². The molecule has 4 fully saturated rings. The predicted molar refractivity (Wildman–Crippen MR) is 145 cm³/mol. The summed E-state index contributed by atoms with van der Waals surface area (Å²) >= 11 is 0. The largest absolute Gasteiger partial charge is 0.356 e. The van der Waals surface area contributed by atoms with Gasteiger partial charge in [-0.05, 0) is 107 Å². The molecule has 190 valence electrons. The lowest BCUT2D eigenvalue weighted by molar-refractivity contribution is -0.146. The Kier molecular flexibility index (Phi) is 6.27. The van der Waals surface area contributed by atoms with Crippen molar-refractivity contribution in [2.45, 2.75) is 71.3 Å². The molecule has 4 bridgehead atoms. The van der Waals surface area contributed by atoms with E-state index >= 15 is 0 Å². The summed E-state index contributed by atoms with van der Waals surface area (Å²) in [6.07, 6.45) is 10.4. The second-order valence-corrected chi connectivity index (χ2v) is 11.8. The van der Waals surface area contributed by atoms with E-state index in [2.05, 4.69) is 52.5 Å². The maximum atomic E-state index is 13.1. The molecule has 0 radical (unpaired) electrons. The second-order valence-electron chi connectivity index (χ2n) is 11.8. The van der Waals surface area contributed by atoms with Crippen LogP contribution in [0.15, 0.2) is 42.5 Å². The van der Waals surface area contributed by atoms with Crippen LogP contribution in [0.1, 0.15) is 75.1 Å². The molecular formula is C31H39N3O2. The number of fused-ring (bicyclic) bond motifs is 3. The van der Waals surface area contributed by atoms with Crippen molar-refractivity contribution >= 4 is 33.6 Å². The van der Waals surface area contributed by atoms with Gasteiger partial charge < -0.3 is 15.2 Å². The van der Waals surface area contributed by atoms with Gasteiger partial charge in [0.1, 0.15) is 0 Å². The number of para-hydroxylation sites is 1. The first-order valence-electron chi connectivity index (χ1n) is 14.1. The van der Waals surface area contributed by atoms with Gasteiger partial charge in [-0.15, -0.1) is 0 Å². The Morgan fingerprint density at radius 2 is 1.47 bits per heavy atom. The highest BCUT2D eigenvalue weighted by molar-refractivity contribution is 6.10. The summed E-state index contributed by atoms with van der Waals surface area (Å²) < 4.78 is 2.30. The number of hydrogen-bond acceptors (Lipinski definition) is 2. The number of hydrogen-bond donors (Lipinski definition) is 2. The predicted octanol–water partition coefficient (Wildman–Crippen LogP) is 6.05. The minimum Gasteiger partial charge on any atom is -0.356 e. The Bertz CT molecular complexity index is 1250. The minimum atomic E-state index is -0.0484. The van der Waals surface area contributed by atoms with E-state index in [0.29, 0.717) is 18.0 Å². The summed E-state index contributed by atoms with van der Waals surface area (Å²) in [7, 11) is 0. The van der Waals surface area contributed by atoms with Gasteiger partial charge in [-0.2, -0.15) is 0 Å². The molecule has 0 saturated heterocycles. The van der Waals surface area contributed by atoms with Gasteiger partial charge >= 0.3 is 0 Å². The molecule has 4 saturated carbocycles. The fraction of sp³-hybridized carbons (Fsp3) is 0.548. The Labute approximate surface area is 214 Å². The quantitative estimate of drug-likeness (QED) is 0.363. The van der Waals surface area contributed by atoms with E-state index in [1.165, 1.54) is 35.7 Å². The lowest BCUT2D eigenvalue weighted by atomic mass is 9.49. The summed E-state index contributed by atoms with van der Waals surface area (Å²) in [6.45, 7) is 4.48. The number of aromatic nitrogens is 1. The van der Waals surface area contributed by atoms with Crippen LogP contribution in [0.5, 0.6) is 0 Å². The van der Waals surface area contributed by atoms with Gasteiger partial charge in [0.2, 0.25) is 5.91 Å². The maximum absolute atomic E-state index is 13.1. The van der Waals surface area contributed by atoms with E-state index < -0.39 is 0 Å². The molecule has 0 unspecified atom stereocenters. The highest BCUT2D eigenvalue weighted by atomic mass is 16.2. The Hall–Kier alpha value is -2.82. The topological polar surface area (TPSA) is 63.1 Å². The molecule has 2 N–H and O–H groups in total. The molecule has 7 rings (SSSR count). The van der Waals surface area contributed by atoms with Gasteiger partial charge in [-0.3, -0.25) is 9.59 Å². The third-order valence-corrected chi connectivity index (χ3v) is 9.30. The number of carbonyl (C=O) groups is 2. The second kappa shape index (κ2) is 9.57. The van der Waals surface area contributed by atoms with Crippen molar-refractivity contribution in [3.8, 4) is 0 Å². The Morgan fingerprint density at radius 1 is 0.833 bits per heavy atom. The van der Waals surface area contributed by atoms with Crippen molar-refractivity contribution in [2.24, 2.45) is 23.2 Å². The number of aryl methyl sites for hydroxylation is 1. The van der Waals surface area contributed by atoms with Crippen LogP contribution in [0, 0.1) is 23.2 Å². The SMILES string of the molecule is CCn1c2ccccc2c2cc(C(=O)NCCCCCNC(=O)C34CC5CC(CC(C5)C3)C4)ccc21. The normalized spacial score (nSPS) is 26.5. The average Bonchev–Trinajstić information content (AvgIpc) is 3.20. The number of benzene rings is 2. The smallest absolute Gasteiger partial charge is 0.251 e. The molecule has 4 aliphatic rings. The van der Waals surface area contributed by atoms with Crippen LogP contribution >= 0.6 is 0 Å². The zero-order chi connectivity index (χ0) is 24.7. The van der Waals surface area contributed by atoms with Crippen molar-refractivity contribution in [3.05, 3.63) is 48.0 Å². The minimum absolute atomic E-state index is 0.0136. The van der Waals surface area contributed by atoms with Crippen LogP contribution < -0.4 is 10.6 Å². The number of nitrogens with one attached hydrogen (secondary N) is 2. The maximum Gasteiger partial charge on any atom is 0.251 e. The van der Waals surface area contributed by atoms with Crippen LogP contribution in [0.2, 0.25) is 0 Å².